The summed E-state index contributed by atoms with van der Waals surface area (Å²) in [5, 5.41) is 1.17. The SMILES string of the molecule is FC1=CCC(C2CCC(CBr)CC2)CC1. The van der Waals surface area contributed by atoms with Gasteiger partial charge in [0.15, 0.2) is 0 Å². The molecule has 0 N–H and O–H groups in total. The molecule has 86 valence electrons. The van der Waals surface area contributed by atoms with Gasteiger partial charge in [-0.2, -0.15) is 0 Å². The molecule has 0 radical (unpaired) electrons. The molecule has 0 aliphatic heterocycles. The van der Waals surface area contributed by atoms with Crippen LogP contribution in [0.4, 0.5) is 4.39 Å². The van der Waals surface area contributed by atoms with Crippen molar-refractivity contribution in [3.63, 3.8) is 0 Å². The van der Waals surface area contributed by atoms with Crippen molar-refractivity contribution in [1.29, 1.82) is 0 Å². The van der Waals surface area contributed by atoms with Gasteiger partial charge in [-0.1, -0.05) is 22.0 Å². The Morgan fingerprint density at radius 3 is 2.40 bits per heavy atom. The lowest BCUT2D eigenvalue weighted by Gasteiger charge is -2.34. The van der Waals surface area contributed by atoms with Gasteiger partial charge in [0.05, 0.1) is 5.83 Å². The van der Waals surface area contributed by atoms with Crippen molar-refractivity contribution >= 4 is 15.9 Å². The third-order valence-corrected chi connectivity index (χ3v) is 5.09. The molecule has 0 spiro atoms. The minimum Gasteiger partial charge on any atom is -0.212 e. The predicted molar refractivity (Wildman–Crippen MR) is 65.8 cm³/mol. The van der Waals surface area contributed by atoms with Crippen LogP contribution in [0.1, 0.15) is 44.9 Å². The van der Waals surface area contributed by atoms with Crippen LogP contribution in [-0.4, -0.2) is 5.33 Å². The lowest BCUT2D eigenvalue weighted by atomic mass is 9.72. The quantitative estimate of drug-likeness (QED) is 0.632. The third kappa shape index (κ3) is 3.05. The van der Waals surface area contributed by atoms with Crippen molar-refractivity contribution in [2.45, 2.75) is 44.9 Å². The Morgan fingerprint density at radius 2 is 1.87 bits per heavy atom. The molecule has 0 amide bonds. The summed E-state index contributed by atoms with van der Waals surface area (Å²) in [6.07, 6.45) is 10.1. The van der Waals surface area contributed by atoms with Crippen LogP contribution in [0.15, 0.2) is 11.9 Å². The van der Waals surface area contributed by atoms with Gasteiger partial charge in [0.1, 0.15) is 0 Å². The highest BCUT2D eigenvalue weighted by Gasteiger charge is 2.28. The molecular weight excluding hydrogens is 255 g/mol. The van der Waals surface area contributed by atoms with Crippen LogP contribution in [0, 0.1) is 17.8 Å². The van der Waals surface area contributed by atoms with E-state index in [1.807, 2.05) is 6.08 Å². The molecule has 0 aromatic heterocycles. The molecule has 2 rings (SSSR count). The second-order valence-electron chi connectivity index (χ2n) is 5.12. The van der Waals surface area contributed by atoms with Crippen molar-refractivity contribution in [1.82, 2.24) is 0 Å². The normalized spacial score (nSPS) is 37.5. The molecule has 2 aliphatic rings. The second kappa shape index (κ2) is 5.47. The lowest BCUT2D eigenvalue weighted by Crippen LogP contribution is -2.23. The summed E-state index contributed by atoms with van der Waals surface area (Å²) in [6, 6.07) is 0. The number of hydrogen-bond acceptors (Lipinski definition) is 0. The van der Waals surface area contributed by atoms with Gasteiger partial charge in [-0.15, -0.1) is 0 Å². The van der Waals surface area contributed by atoms with E-state index in [2.05, 4.69) is 15.9 Å². The molecule has 1 unspecified atom stereocenters. The molecule has 0 saturated heterocycles. The highest BCUT2D eigenvalue weighted by molar-refractivity contribution is 9.09. The van der Waals surface area contributed by atoms with Gasteiger partial charge in [-0.25, -0.2) is 4.39 Å². The first-order valence-electron chi connectivity index (χ1n) is 6.20. The van der Waals surface area contributed by atoms with Crippen LogP contribution in [-0.2, 0) is 0 Å². The maximum absolute atomic E-state index is 12.9. The van der Waals surface area contributed by atoms with Crippen LogP contribution in [0.3, 0.4) is 0 Å². The van der Waals surface area contributed by atoms with Crippen LogP contribution >= 0.6 is 15.9 Å². The van der Waals surface area contributed by atoms with E-state index in [4.69, 9.17) is 0 Å². The lowest BCUT2D eigenvalue weighted by molar-refractivity contribution is 0.198. The number of allylic oxidation sites excluding steroid dienone is 2. The molecule has 0 heterocycles. The largest absolute Gasteiger partial charge is 0.212 e. The fraction of sp³-hybridized carbons (Fsp3) is 0.846. The topological polar surface area (TPSA) is 0 Å². The molecule has 0 bridgehead atoms. The van der Waals surface area contributed by atoms with E-state index in [0.717, 1.165) is 30.6 Å². The van der Waals surface area contributed by atoms with Gasteiger partial charge in [0.2, 0.25) is 0 Å². The first kappa shape index (κ1) is 11.6. The van der Waals surface area contributed by atoms with Crippen molar-refractivity contribution < 1.29 is 4.39 Å². The Kier molecular flexibility index (Phi) is 4.24. The van der Waals surface area contributed by atoms with Crippen molar-refractivity contribution in [2.24, 2.45) is 17.8 Å². The van der Waals surface area contributed by atoms with E-state index in [9.17, 15) is 4.39 Å². The van der Waals surface area contributed by atoms with E-state index in [1.54, 1.807) is 0 Å². The summed E-state index contributed by atoms with van der Waals surface area (Å²) < 4.78 is 12.9. The number of rotatable bonds is 2. The van der Waals surface area contributed by atoms with Gasteiger partial charge in [0, 0.05) is 5.33 Å². The zero-order valence-corrected chi connectivity index (χ0v) is 10.8. The summed E-state index contributed by atoms with van der Waals surface area (Å²) in [7, 11) is 0. The summed E-state index contributed by atoms with van der Waals surface area (Å²) >= 11 is 3.58. The summed E-state index contributed by atoms with van der Waals surface area (Å²) in [6.45, 7) is 0. The zero-order valence-electron chi connectivity index (χ0n) is 9.22. The minimum absolute atomic E-state index is 0.125. The van der Waals surface area contributed by atoms with Gasteiger partial charge < -0.3 is 0 Å². The van der Waals surface area contributed by atoms with Gasteiger partial charge in [-0.05, 0) is 62.7 Å². The molecule has 0 aromatic carbocycles. The first-order chi connectivity index (χ1) is 7.29. The molecular formula is C13H20BrF. The number of hydrogen-bond donors (Lipinski definition) is 0. The molecule has 2 aliphatic carbocycles. The Balaban J connectivity index is 1.81. The monoisotopic (exact) mass is 274 g/mol. The highest BCUT2D eigenvalue weighted by Crippen LogP contribution is 2.39. The molecule has 2 heteroatoms. The smallest absolute Gasteiger partial charge is 0.0960 e. The summed E-state index contributed by atoms with van der Waals surface area (Å²) in [5.74, 6) is 2.68. The van der Waals surface area contributed by atoms with Gasteiger partial charge in [-0.3, -0.25) is 0 Å². The van der Waals surface area contributed by atoms with Crippen LogP contribution in [0.5, 0.6) is 0 Å². The Bertz CT molecular complexity index is 229. The highest BCUT2D eigenvalue weighted by atomic mass is 79.9. The zero-order chi connectivity index (χ0) is 10.7. The molecule has 0 nitrogen and oxygen atoms in total. The molecule has 0 aromatic rings. The van der Waals surface area contributed by atoms with Crippen LogP contribution < -0.4 is 0 Å². The fourth-order valence-corrected chi connectivity index (χ4v) is 3.71. The second-order valence-corrected chi connectivity index (χ2v) is 5.77. The summed E-state index contributed by atoms with van der Waals surface area (Å²) in [4.78, 5) is 0. The maximum atomic E-state index is 12.9. The van der Waals surface area contributed by atoms with E-state index in [0.29, 0.717) is 6.42 Å². The summed E-state index contributed by atoms with van der Waals surface area (Å²) in [5.41, 5.74) is 0. The third-order valence-electron chi connectivity index (χ3n) is 4.17. The molecule has 1 saturated carbocycles. The first-order valence-corrected chi connectivity index (χ1v) is 7.32. The molecule has 1 fully saturated rings. The van der Waals surface area contributed by atoms with Crippen molar-refractivity contribution in [3.05, 3.63) is 11.9 Å². The maximum Gasteiger partial charge on any atom is 0.0960 e. The van der Waals surface area contributed by atoms with Gasteiger partial charge in [0.25, 0.3) is 0 Å². The molecule has 1 atom stereocenters. The minimum atomic E-state index is 0.125. The Morgan fingerprint density at radius 1 is 1.13 bits per heavy atom. The van der Waals surface area contributed by atoms with Crippen molar-refractivity contribution in [3.8, 4) is 0 Å². The Labute approximate surface area is 100 Å². The molecule has 15 heavy (non-hydrogen) atoms. The van der Waals surface area contributed by atoms with Crippen molar-refractivity contribution in [2.75, 3.05) is 5.33 Å². The van der Waals surface area contributed by atoms with E-state index in [-0.39, 0.29) is 5.83 Å². The number of halogens is 2. The average molecular weight is 275 g/mol. The fourth-order valence-electron chi connectivity index (χ4n) is 3.06. The standard InChI is InChI=1S/C13H20BrF/c14-9-10-1-3-11(4-2-10)12-5-7-13(15)8-6-12/h7,10-12H,1-6,8-9H2. The van der Waals surface area contributed by atoms with E-state index in [1.165, 1.54) is 31.0 Å². The van der Waals surface area contributed by atoms with Gasteiger partial charge >= 0.3 is 0 Å². The predicted octanol–water partition coefficient (Wildman–Crippen LogP) is 4.84. The van der Waals surface area contributed by atoms with Crippen LogP contribution in [0.25, 0.3) is 0 Å². The van der Waals surface area contributed by atoms with E-state index >= 15 is 0 Å². The average Bonchev–Trinajstić information content (AvgIpc) is 2.30. The Hall–Kier alpha value is 0.150. The van der Waals surface area contributed by atoms with Crippen LogP contribution in [0.2, 0.25) is 0 Å². The van der Waals surface area contributed by atoms with E-state index < -0.39 is 0 Å². The number of alkyl halides is 1.